The fourth-order valence-corrected chi connectivity index (χ4v) is 1.63. The number of rotatable bonds is 6. The van der Waals surface area contributed by atoms with Gasteiger partial charge in [0.1, 0.15) is 0 Å². The molecule has 3 nitrogen and oxygen atoms in total. The summed E-state index contributed by atoms with van der Waals surface area (Å²) in [5.41, 5.74) is 0. The van der Waals surface area contributed by atoms with E-state index in [1.807, 2.05) is 0 Å². The Bertz CT molecular complexity index is 130. The number of unbranched alkanes of at least 4 members (excludes halogenated alkanes) is 1. The van der Waals surface area contributed by atoms with E-state index in [2.05, 4.69) is 6.92 Å². The second kappa shape index (κ2) is 7.21. The zero-order valence-electron chi connectivity index (χ0n) is 9.08. The van der Waals surface area contributed by atoms with Crippen molar-refractivity contribution in [1.29, 1.82) is 0 Å². The Morgan fingerprint density at radius 3 is 2.86 bits per heavy atom. The third-order valence-corrected chi connectivity index (χ3v) is 2.66. The number of aliphatic hydroxyl groups is 1. The van der Waals surface area contributed by atoms with Gasteiger partial charge in [-0.25, -0.2) is 0 Å². The van der Waals surface area contributed by atoms with Crippen molar-refractivity contribution in [3.05, 3.63) is 0 Å². The molecule has 2 unspecified atom stereocenters. The Kier molecular flexibility index (Phi) is 6.15. The molecule has 0 aromatic heterocycles. The standard InChI is InChI=1S/C11H22O3/c1-2-3-6-13-8-10-4-5-11(7-12)14-9-10/h10-12H,2-9H2,1H3. The first-order chi connectivity index (χ1) is 6.86. The Morgan fingerprint density at radius 1 is 1.43 bits per heavy atom. The molecule has 0 spiro atoms. The summed E-state index contributed by atoms with van der Waals surface area (Å²) in [6.07, 6.45) is 4.50. The van der Waals surface area contributed by atoms with E-state index in [9.17, 15) is 0 Å². The Labute approximate surface area is 86.4 Å². The van der Waals surface area contributed by atoms with Crippen molar-refractivity contribution < 1.29 is 14.6 Å². The number of ether oxygens (including phenoxy) is 2. The first kappa shape index (κ1) is 12.0. The van der Waals surface area contributed by atoms with Crippen LogP contribution in [0.4, 0.5) is 0 Å². The van der Waals surface area contributed by atoms with Crippen LogP contribution < -0.4 is 0 Å². The summed E-state index contributed by atoms with van der Waals surface area (Å²) in [6, 6.07) is 0. The van der Waals surface area contributed by atoms with E-state index in [1.54, 1.807) is 0 Å². The first-order valence-electron chi connectivity index (χ1n) is 5.67. The third-order valence-electron chi connectivity index (χ3n) is 2.66. The summed E-state index contributed by atoms with van der Waals surface area (Å²) in [6.45, 7) is 4.76. The fourth-order valence-electron chi connectivity index (χ4n) is 1.63. The van der Waals surface area contributed by atoms with E-state index >= 15 is 0 Å². The maximum absolute atomic E-state index is 8.87. The summed E-state index contributed by atoms with van der Waals surface area (Å²) in [7, 11) is 0. The Hall–Kier alpha value is -0.120. The summed E-state index contributed by atoms with van der Waals surface area (Å²) >= 11 is 0. The summed E-state index contributed by atoms with van der Waals surface area (Å²) in [5, 5.41) is 8.87. The van der Waals surface area contributed by atoms with Crippen molar-refractivity contribution in [2.75, 3.05) is 26.4 Å². The van der Waals surface area contributed by atoms with E-state index in [-0.39, 0.29) is 12.7 Å². The van der Waals surface area contributed by atoms with Crippen molar-refractivity contribution in [2.24, 2.45) is 5.92 Å². The van der Waals surface area contributed by atoms with Crippen molar-refractivity contribution in [3.63, 3.8) is 0 Å². The van der Waals surface area contributed by atoms with Crippen LogP contribution >= 0.6 is 0 Å². The molecule has 14 heavy (non-hydrogen) atoms. The molecule has 0 radical (unpaired) electrons. The predicted molar refractivity (Wildman–Crippen MR) is 55.3 cm³/mol. The highest BCUT2D eigenvalue weighted by molar-refractivity contribution is 4.69. The van der Waals surface area contributed by atoms with Gasteiger partial charge in [-0.05, 0) is 19.3 Å². The lowest BCUT2D eigenvalue weighted by molar-refractivity contribution is -0.0616. The minimum atomic E-state index is 0.0712. The molecular formula is C11H22O3. The zero-order valence-corrected chi connectivity index (χ0v) is 9.08. The minimum Gasteiger partial charge on any atom is -0.394 e. The molecule has 1 fully saturated rings. The molecule has 0 aliphatic carbocycles. The molecule has 0 saturated carbocycles. The van der Waals surface area contributed by atoms with E-state index in [4.69, 9.17) is 14.6 Å². The molecule has 1 saturated heterocycles. The molecule has 0 bridgehead atoms. The third kappa shape index (κ3) is 4.40. The molecule has 1 aliphatic rings. The molecule has 1 aliphatic heterocycles. The van der Waals surface area contributed by atoms with E-state index in [1.165, 1.54) is 6.42 Å². The smallest absolute Gasteiger partial charge is 0.0806 e. The zero-order chi connectivity index (χ0) is 10.2. The van der Waals surface area contributed by atoms with Crippen LogP contribution in [-0.4, -0.2) is 37.6 Å². The summed E-state index contributed by atoms with van der Waals surface area (Å²) in [4.78, 5) is 0. The number of hydrogen-bond donors (Lipinski definition) is 1. The van der Waals surface area contributed by atoms with Gasteiger partial charge >= 0.3 is 0 Å². The van der Waals surface area contributed by atoms with Gasteiger partial charge in [-0.15, -0.1) is 0 Å². The molecule has 2 atom stereocenters. The second-order valence-corrected chi connectivity index (χ2v) is 4.01. The highest BCUT2D eigenvalue weighted by atomic mass is 16.5. The van der Waals surface area contributed by atoms with Crippen LogP contribution in [0.2, 0.25) is 0 Å². The average Bonchev–Trinajstić information content (AvgIpc) is 2.25. The van der Waals surface area contributed by atoms with Crippen LogP contribution in [0.5, 0.6) is 0 Å². The molecule has 1 rings (SSSR count). The van der Waals surface area contributed by atoms with Crippen LogP contribution in [0.25, 0.3) is 0 Å². The van der Waals surface area contributed by atoms with Gasteiger partial charge in [-0.3, -0.25) is 0 Å². The number of hydrogen-bond acceptors (Lipinski definition) is 3. The van der Waals surface area contributed by atoms with Gasteiger partial charge in [-0.2, -0.15) is 0 Å². The van der Waals surface area contributed by atoms with Crippen LogP contribution in [-0.2, 0) is 9.47 Å². The topological polar surface area (TPSA) is 38.7 Å². The SMILES string of the molecule is CCCCOCC1CCC(CO)OC1. The quantitative estimate of drug-likeness (QED) is 0.665. The van der Waals surface area contributed by atoms with E-state index in [0.717, 1.165) is 39.1 Å². The normalized spacial score (nSPS) is 27.9. The Morgan fingerprint density at radius 2 is 2.29 bits per heavy atom. The highest BCUT2D eigenvalue weighted by Crippen LogP contribution is 2.18. The molecule has 1 N–H and O–H groups in total. The summed E-state index contributed by atoms with van der Waals surface area (Å²) in [5.74, 6) is 0.537. The van der Waals surface area contributed by atoms with Gasteiger partial charge in [-0.1, -0.05) is 13.3 Å². The summed E-state index contributed by atoms with van der Waals surface area (Å²) < 4.78 is 11.0. The highest BCUT2D eigenvalue weighted by Gasteiger charge is 2.20. The predicted octanol–water partition coefficient (Wildman–Crippen LogP) is 1.59. The lowest BCUT2D eigenvalue weighted by atomic mass is 10.00. The van der Waals surface area contributed by atoms with E-state index < -0.39 is 0 Å². The maximum atomic E-state index is 8.87. The lowest BCUT2D eigenvalue weighted by Crippen LogP contribution is -2.30. The van der Waals surface area contributed by atoms with Gasteiger partial charge < -0.3 is 14.6 Å². The molecule has 0 amide bonds. The molecule has 3 heteroatoms. The lowest BCUT2D eigenvalue weighted by Gasteiger charge is -2.27. The van der Waals surface area contributed by atoms with Gasteiger partial charge in [0.05, 0.1) is 25.9 Å². The monoisotopic (exact) mass is 202 g/mol. The van der Waals surface area contributed by atoms with Crippen LogP contribution in [0.3, 0.4) is 0 Å². The van der Waals surface area contributed by atoms with Gasteiger partial charge in [0, 0.05) is 12.5 Å². The maximum Gasteiger partial charge on any atom is 0.0806 e. The molecule has 0 aromatic rings. The van der Waals surface area contributed by atoms with Gasteiger partial charge in [0.2, 0.25) is 0 Å². The van der Waals surface area contributed by atoms with Gasteiger partial charge in [0.25, 0.3) is 0 Å². The number of aliphatic hydroxyl groups excluding tert-OH is 1. The largest absolute Gasteiger partial charge is 0.394 e. The van der Waals surface area contributed by atoms with Crippen molar-refractivity contribution >= 4 is 0 Å². The molecule has 84 valence electrons. The van der Waals surface area contributed by atoms with E-state index in [0.29, 0.717) is 5.92 Å². The van der Waals surface area contributed by atoms with Crippen LogP contribution in [0, 0.1) is 5.92 Å². The average molecular weight is 202 g/mol. The van der Waals surface area contributed by atoms with Crippen molar-refractivity contribution in [2.45, 2.75) is 38.7 Å². The van der Waals surface area contributed by atoms with Crippen LogP contribution in [0.1, 0.15) is 32.6 Å². The van der Waals surface area contributed by atoms with Crippen LogP contribution in [0.15, 0.2) is 0 Å². The first-order valence-corrected chi connectivity index (χ1v) is 5.67. The van der Waals surface area contributed by atoms with Crippen molar-refractivity contribution in [1.82, 2.24) is 0 Å². The van der Waals surface area contributed by atoms with Gasteiger partial charge in [0.15, 0.2) is 0 Å². The molecule has 1 heterocycles. The fraction of sp³-hybridized carbons (Fsp3) is 1.00. The second-order valence-electron chi connectivity index (χ2n) is 4.01. The Balaban J connectivity index is 1.98. The minimum absolute atomic E-state index is 0.0712. The molecule has 0 aromatic carbocycles. The molecular weight excluding hydrogens is 180 g/mol. The van der Waals surface area contributed by atoms with Crippen molar-refractivity contribution in [3.8, 4) is 0 Å².